The molecule has 17 heavy (non-hydrogen) atoms. The lowest BCUT2D eigenvalue weighted by molar-refractivity contribution is 0.120. The number of rotatable bonds is 5. The summed E-state index contributed by atoms with van der Waals surface area (Å²) in [6.07, 6.45) is 0.259. The summed E-state index contributed by atoms with van der Waals surface area (Å²) in [7, 11) is -2.42. The van der Waals surface area contributed by atoms with E-state index in [0.29, 0.717) is 0 Å². The smallest absolute Gasteiger partial charge is 0.371 e. The fourth-order valence-corrected chi connectivity index (χ4v) is 5.08. The van der Waals surface area contributed by atoms with Gasteiger partial charge in [-0.05, 0) is 40.3 Å². The van der Waals surface area contributed by atoms with Crippen molar-refractivity contribution in [2.45, 2.75) is 46.4 Å². The van der Waals surface area contributed by atoms with Crippen LogP contribution in [0, 0.1) is 0 Å². The van der Waals surface area contributed by atoms with Gasteiger partial charge in [-0.15, -0.1) is 0 Å². The van der Waals surface area contributed by atoms with Crippen molar-refractivity contribution in [3.63, 3.8) is 0 Å². The Morgan fingerprint density at radius 1 is 1.00 bits per heavy atom. The summed E-state index contributed by atoms with van der Waals surface area (Å²) in [5.74, 6) is 0. The van der Waals surface area contributed by atoms with E-state index in [1.807, 2.05) is 52.0 Å². The monoisotopic (exact) mass is 253 g/mol. The van der Waals surface area contributed by atoms with Gasteiger partial charge in [0.25, 0.3) is 0 Å². The molecule has 0 aliphatic rings. The zero-order valence-corrected chi connectivity index (χ0v) is 12.4. The van der Waals surface area contributed by atoms with Crippen molar-refractivity contribution >= 4 is 19.4 Å². The lowest BCUT2D eigenvalue weighted by Gasteiger charge is -2.32. The van der Waals surface area contributed by atoms with Gasteiger partial charge in [0.15, 0.2) is 0 Å². The quantitative estimate of drug-likeness (QED) is 0.647. The molecule has 0 aliphatic carbocycles. The van der Waals surface area contributed by atoms with Crippen molar-refractivity contribution < 1.29 is 8.85 Å². The molecule has 0 amide bonds. The molecular formula is C13H23NO2Si. The molecule has 4 heteroatoms. The zero-order chi connectivity index (χ0) is 13.1. The Bertz CT molecular complexity index is 356. The standard InChI is InChI=1S/C13H23NO2Si/c1-10(2)15-17(5,16-11(3)4)13-9-7-6-8-12(13)14/h6-11H,14H2,1-5H3. The van der Waals surface area contributed by atoms with Crippen LogP contribution in [0.15, 0.2) is 24.3 Å². The minimum absolute atomic E-state index is 0.130. The molecule has 0 fully saturated rings. The molecule has 1 rings (SSSR count). The van der Waals surface area contributed by atoms with Gasteiger partial charge in [-0.3, -0.25) is 0 Å². The lowest BCUT2D eigenvalue weighted by atomic mass is 10.3. The molecular weight excluding hydrogens is 230 g/mol. The Labute approximate surface area is 105 Å². The number of para-hydroxylation sites is 1. The molecule has 0 unspecified atom stereocenters. The molecule has 2 N–H and O–H groups in total. The van der Waals surface area contributed by atoms with Crippen molar-refractivity contribution in [1.29, 1.82) is 0 Å². The third-order valence-electron chi connectivity index (χ3n) is 2.37. The highest BCUT2D eigenvalue weighted by molar-refractivity contribution is 6.81. The van der Waals surface area contributed by atoms with Crippen LogP contribution in [0.25, 0.3) is 0 Å². The first-order valence-corrected chi connectivity index (χ1v) is 8.37. The molecule has 0 radical (unpaired) electrons. The van der Waals surface area contributed by atoms with Gasteiger partial charge in [0.1, 0.15) is 0 Å². The molecule has 96 valence electrons. The highest BCUT2D eigenvalue weighted by Crippen LogP contribution is 2.16. The number of nitrogen functional groups attached to an aromatic ring is 1. The second-order valence-electron chi connectivity index (χ2n) is 4.87. The van der Waals surface area contributed by atoms with E-state index in [4.69, 9.17) is 14.6 Å². The number of anilines is 1. The van der Waals surface area contributed by atoms with Crippen molar-refractivity contribution in [3.8, 4) is 0 Å². The highest BCUT2D eigenvalue weighted by atomic mass is 28.4. The fourth-order valence-electron chi connectivity index (χ4n) is 1.96. The second kappa shape index (κ2) is 5.66. The van der Waals surface area contributed by atoms with E-state index >= 15 is 0 Å². The molecule has 0 saturated carbocycles. The van der Waals surface area contributed by atoms with E-state index in [1.54, 1.807) is 0 Å². The van der Waals surface area contributed by atoms with Gasteiger partial charge in [-0.1, -0.05) is 18.2 Å². The van der Waals surface area contributed by atoms with Crippen LogP contribution in [0.5, 0.6) is 0 Å². The van der Waals surface area contributed by atoms with Gasteiger partial charge in [0.2, 0.25) is 0 Å². The number of hydrogen-bond acceptors (Lipinski definition) is 3. The Morgan fingerprint density at radius 3 is 1.88 bits per heavy atom. The highest BCUT2D eigenvalue weighted by Gasteiger charge is 2.38. The SMILES string of the molecule is CC(C)O[Si](C)(OC(C)C)c1ccccc1N. The molecule has 1 aromatic carbocycles. The van der Waals surface area contributed by atoms with Gasteiger partial charge in [0.05, 0.1) is 0 Å². The summed E-state index contributed by atoms with van der Waals surface area (Å²) in [6.45, 7) is 10.1. The van der Waals surface area contributed by atoms with E-state index in [-0.39, 0.29) is 12.2 Å². The van der Waals surface area contributed by atoms with E-state index in [0.717, 1.165) is 10.9 Å². The summed E-state index contributed by atoms with van der Waals surface area (Å²) in [5.41, 5.74) is 6.79. The van der Waals surface area contributed by atoms with Gasteiger partial charge in [-0.2, -0.15) is 0 Å². The normalized spacial score (nSPS) is 12.4. The minimum Gasteiger partial charge on any atom is -0.399 e. The molecule has 0 saturated heterocycles. The molecule has 3 nitrogen and oxygen atoms in total. The van der Waals surface area contributed by atoms with E-state index in [9.17, 15) is 0 Å². The topological polar surface area (TPSA) is 44.5 Å². The first kappa shape index (κ1) is 14.2. The van der Waals surface area contributed by atoms with Crippen LogP contribution < -0.4 is 10.9 Å². The molecule has 0 aromatic heterocycles. The van der Waals surface area contributed by atoms with Gasteiger partial charge in [-0.25, -0.2) is 0 Å². The molecule has 0 atom stereocenters. The van der Waals surface area contributed by atoms with E-state index in [1.165, 1.54) is 0 Å². The summed E-state index contributed by atoms with van der Waals surface area (Å²) in [5, 5.41) is 1.02. The van der Waals surface area contributed by atoms with Crippen LogP contribution in [0.1, 0.15) is 27.7 Å². The predicted octanol–water partition coefficient (Wildman–Crippen LogP) is 2.40. The summed E-state index contributed by atoms with van der Waals surface area (Å²) in [6, 6.07) is 7.81. The Morgan fingerprint density at radius 2 is 1.47 bits per heavy atom. The molecule has 0 aliphatic heterocycles. The number of benzene rings is 1. The molecule has 0 heterocycles. The summed E-state index contributed by atoms with van der Waals surface area (Å²) in [4.78, 5) is 0. The first-order chi connectivity index (χ1) is 7.85. The van der Waals surface area contributed by atoms with Crippen molar-refractivity contribution in [2.24, 2.45) is 0 Å². The Kier molecular flexibility index (Phi) is 4.74. The zero-order valence-electron chi connectivity index (χ0n) is 11.4. The predicted molar refractivity (Wildman–Crippen MR) is 74.5 cm³/mol. The Hall–Kier alpha value is -0.843. The molecule has 0 bridgehead atoms. The largest absolute Gasteiger partial charge is 0.399 e. The summed E-state index contributed by atoms with van der Waals surface area (Å²) >= 11 is 0. The second-order valence-corrected chi connectivity index (χ2v) is 7.77. The first-order valence-electron chi connectivity index (χ1n) is 6.06. The third kappa shape index (κ3) is 3.83. The van der Waals surface area contributed by atoms with Gasteiger partial charge < -0.3 is 14.6 Å². The average molecular weight is 253 g/mol. The average Bonchev–Trinajstić information content (AvgIpc) is 2.15. The molecule has 0 spiro atoms. The number of nitrogens with two attached hydrogens (primary N) is 1. The Balaban J connectivity index is 3.09. The van der Waals surface area contributed by atoms with Crippen LogP contribution in [-0.2, 0) is 8.85 Å². The maximum atomic E-state index is 6.05. The molecule has 1 aromatic rings. The van der Waals surface area contributed by atoms with Crippen LogP contribution >= 0.6 is 0 Å². The van der Waals surface area contributed by atoms with E-state index < -0.39 is 8.56 Å². The van der Waals surface area contributed by atoms with Crippen LogP contribution in [-0.4, -0.2) is 20.8 Å². The van der Waals surface area contributed by atoms with Gasteiger partial charge >= 0.3 is 8.56 Å². The van der Waals surface area contributed by atoms with E-state index in [2.05, 4.69) is 6.55 Å². The number of hydrogen-bond donors (Lipinski definition) is 1. The third-order valence-corrected chi connectivity index (χ3v) is 5.65. The minimum atomic E-state index is -2.42. The van der Waals surface area contributed by atoms with Crippen molar-refractivity contribution in [3.05, 3.63) is 24.3 Å². The van der Waals surface area contributed by atoms with Crippen LogP contribution in [0.4, 0.5) is 5.69 Å². The van der Waals surface area contributed by atoms with Crippen LogP contribution in [0.3, 0.4) is 0 Å². The van der Waals surface area contributed by atoms with Crippen molar-refractivity contribution in [1.82, 2.24) is 0 Å². The maximum absolute atomic E-state index is 6.05. The lowest BCUT2D eigenvalue weighted by Crippen LogP contribution is -2.54. The fraction of sp³-hybridized carbons (Fsp3) is 0.538. The van der Waals surface area contributed by atoms with Gasteiger partial charge in [0, 0.05) is 23.1 Å². The summed E-state index contributed by atoms with van der Waals surface area (Å²) < 4.78 is 12.1. The maximum Gasteiger partial charge on any atom is 0.371 e. The van der Waals surface area contributed by atoms with Crippen LogP contribution in [0.2, 0.25) is 6.55 Å². The van der Waals surface area contributed by atoms with Crippen molar-refractivity contribution in [2.75, 3.05) is 5.73 Å².